The number of aliphatic hydroxyl groups is 2. The van der Waals surface area contributed by atoms with Gasteiger partial charge in [-0.05, 0) is 123 Å². The molecule has 0 aliphatic heterocycles. The maximum Gasteiger partial charge on any atom is 0.414 e. The summed E-state index contributed by atoms with van der Waals surface area (Å²) in [5, 5.41) is 20.4. The van der Waals surface area contributed by atoms with Crippen molar-refractivity contribution in [1.29, 1.82) is 0 Å². The maximum atomic E-state index is 12.8. The molecule has 0 aromatic rings. The Balaban J connectivity index is 1.45. The molecule has 0 heterocycles. The Morgan fingerprint density at radius 1 is 0.906 bits per heavy atom. The second-order valence-electron chi connectivity index (χ2n) is 12.8. The molecule has 4 fully saturated rings. The molecule has 0 amide bonds. The summed E-state index contributed by atoms with van der Waals surface area (Å²) in [5.74, 6) is 3.48. The molecule has 10 atom stereocenters. The molecule has 2 nitrogen and oxygen atoms in total. The molecule has 4 rings (SSSR count). The molecule has 0 aromatic heterocycles. The van der Waals surface area contributed by atoms with E-state index in [2.05, 4.69) is 27.7 Å². The fraction of sp³-hybridized carbons (Fsp3) is 1.00. The highest BCUT2D eigenvalue weighted by molar-refractivity contribution is 5.10. The van der Waals surface area contributed by atoms with Crippen molar-refractivity contribution in [2.24, 2.45) is 46.3 Å². The average molecular weight is 459 g/mol. The molecule has 0 saturated heterocycles. The van der Waals surface area contributed by atoms with Crippen molar-refractivity contribution >= 4 is 0 Å². The molecule has 5 heteroatoms. The monoisotopic (exact) mass is 458 g/mol. The summed E-state index contributed by atoms with van der Waals surface area (Å²) in [7, 11) is 0. The van der Waals surface area contributed by atoms with Gasteiger partial charge >= 0.3 is 6.18 Å². The predicted molar refractivity (Wildman–Crippen MR) is 121 cm³/mol. The van der Waals surface area contributed by atoms with Crippen molar-refractivity contribution < 1.29 is 23.4 Å². The smallest absolute Gasteiger partial charge is 0.390 e. The number of rotatable bonds is 5. The van der Waals surface area contributed by atoms with Crippen LogP contribution in [0.5, 0.6) is 0 Å². The highest BCUT2D eigenvalue weighted by Gasteiger charge is 2.61. The molecule has 2 unspecified atom stereocenters. The third kappa shape index (κ3) is 4.06. The molecule has 4 saturated carbocycles. The Labute approximate surface area is 192 Å². The molecular formula is C27H45F3O2. The van der Waals surface area contributed by atoms with Crippen LogP contribution in [-0.2, 0) is 0 Å². The van der Waals surface area contributed by atoms with Gasteiger partial charge in [0.15, 0.2) is 0 Å². The quantitative estimate of drug-likeness (QED) is 0.460. The Kier molecular flexibility index (Phi) is 6.54. The highest BCUT2D eigenvalue weighted by Crippen LogP contribution is 2.69. The van der Waals surface area contributed by atoms with E-state index in [9.17, 15) is 23.4 Å². The number of fused-ring (bicyclic) bond motifs is 5. The summed E-state index contributed by atoms with van der Waals surface area (Å²) in [6.07, 6.45) is 4.76. The van der Waals surface area contributed by atoms with Crippen molar-refractivity contribution in [2.75, 3.05) is 0 Å². The molecule has 4 aliphatic carbocycles. The van der Waals surface area contributed by atoms with Crippen LogP contribution in [-0.4, -0.2) is 28.1 Å². The lowest BCUT2D eigenvalue weighted by Crippen LogP contribution is -2.56. The van der Waals surface area contributed by atoms with Crippen molar-refractivity contribution in [1.82, 2.24) is 0 Å². The summed E-state index contributed by atoms with van der Waals surface area (Å²) in [6.45, 7) is 9.19. The van der Waals surface area contributed by atoms with Gasteiger partial charge in [-0.2, -0.15) is 13.2 Å². The van der Waals surface area contributed by atoms with Crippen molar-refractivity contribution in [3.8, 4) is 0 Å². The first-order valence-corrected chi connectivity index (χ1v) is 13.3. The second kappa shape index (κ2) is 8.43. The number of hydrogen-bond acceptors (Lipinski definition) is 2. The van der Waals surface area contributed by atoms with Crippen LogP contribution in [0, 0.1) is 46.3 Å². The predicted octanol–water partition coefficient (Wildman–Crippen LogP) is 7.13. The molecule has 0 aromatic carbocycles. The summed E-state index contributed by atoms with van der Waals surface area (Å²) in [4.78, 5) is 0. The lowest BCUT2D eigenvalue weighted by atomic mass is 9.43. The van der Waals surface area contributed by atoms with E-state index in [1.165, 1.54) is 32.1 Å². The molecular weight excluding hydrogens is 413 g/mol. The summed E-state index contributed by atoms with van der Waals surface area (Å²) in [5.41, 5.74) is 0.104. The summed E-state index contributed by atoms with van der Waals surface area (Å²) >= 11 is 0. The minimum atomic E-state index is -4.50. The Bertz CT molecular complexity index is 680. The summed E-state index contributed by atoms with van der Waals surface area (Å²) in [6, 6.07) is 0. The van der Waals surface area contributed by atoms with Crippen LogP contribution in [0.25, 0.3) is 0 Å². The Morgan fingerprint density at radius 2 is 1.59 bits per heavy atom. The Morgan fingerprint density at radius 3 is 2.25 bits per heavy atom. The van der Waals surface area contributed by atoms with Gasteiger partial charge < -0.3 is 10.2 Å². The van der Waals surface area contributed by atoms with E-state index in [-0.39, 0.29) is 17.8 Å². The van der Waals surface area contributed by atoms with Crippen LogP contribution >= 0.6 is 0 Å². The normalized spacial score (nSPS) is 48.5. The number of hydrogen-bond donors (Lipinski definition) is 2. The van der Waals surface area contributed by atoms with E-state index < -0.39 is 17.9 Å². The van der Waals surface area contributed by atoms with Crippen LogP contribution in [0.2, 0.25) is 0 Å². The van der Waals surface area contributed by atoms with Crippen molar-refractivity contribution in [3.63, 3.8) is 0 Å². The topological polar surface area (TPSA) is 40.5 Å². The number of alkyl halides is 3. The highest BCUT2D eigenvalue weighted by atomic mass is 19.4. The number of aliphatic hydroxyl groups excluding tert-OH is 1. The van der Waals surface area contributed by atoms with E-state index in [4.69, 9.17) is 0 Å². The fourth-order valence-corrected chi connectivity index (χ4v) is 9.40. The van der Waals surface area contributed by atoms with Gasteiger partial charge in [0.05, 0.1) is 5.60 Å². The van der Waals surface area contributed by atoms with Gasteiger partial charge in [0.2, 0.25) is 0 Å². The van der Waals surface area contributed by atoms with E-state index in [0.29, 0.717) is 29.6 Å². The van der Waals surface area contributed by atoms with E-state index in [1.807, 2.05) is 0 Å². The third-order valence-electron chi connectivity index (χ3n) is 11.5. The van der Waals surface area contributed by atoms with Gasteiger partial charge in [-0.1, -0.05) is 27.7 Å². The molecule has 2 N–H and O–H groups in total. The lowest BCUT2D eigenvalue weighted by molar-refractivity contribution is -0.206. The molecule has 4 aliphatic rings. The van der Waals surface area contributed by atoms with Gasteiger partial charge in [0.25, 0.3) is 0 Å². The molecule has 32 heavy (non-hydrogen) atoms. The molecule has 0 spiro atoms. The van der Waals surface area contributed by atoms with Gasteiger partial charge in [-0.15, -0.1) is 0 Å². The van der Waals surface area contributed by atoms with Crippen molar-refractivity contribution in [3.05, 3.63) is 0 Å². The fourth-order valence-electron chi connectivity index (χ4n) is 9.40. The minimum Gasteiger partial charge on any atom is -0.390 e. The van der Waals surface area contributed by atoms with Crippen LogP contribution in [0.3, 0.4) is 0 Å². The van der Waals surface area contributed by atoms with Gasteiger partial charge in [-0.3, -0.25) is 0 Å². The van der Waals surface area contributed by atoms with E-state index in [1.54, 1.807) is 0 Å². The SMILES string of the molecule is CC[C@]1(O)CC[C@]2(C)C3CC[C@]4(C)[C@@H]([C@H](C)CCC(O)C(F)(F)F)CC[C@H]4[C@@H]3CC[C@@H]2C1. The largest absolute Gasteiger partial charge is 0.414 e. The van der Waals surface area contributed by atoms with Gasteiger partial charge in [0.1, 0.15) is 6.10 Å². The standard InChI is InChI=1S/C27H45F3O2/c1-5-26(32)15-14-24(3)18(16-26)7-8-19-21-10-9-20(25(21,4)13-12-22(19)24)17(2)6-11-23(31)27(28,29)30/h17-23,31-32H,5-16H2,1-4H3/t17-,18-,19+,20-,21+,22?,23?,24+,25-,26+/m1/s1. The van der Waals surface area contributed by atoms with Crippen LogP contribution in [0.4, 0.5) is 13.2 Å². The zero-order valence-corrected chi connectivity index (χ0v) is 20.6. The van der Waals surface area contributed by atoms with E-state index in [0.717, 1.165) is 43.9 Å². The second-order valence-corrected chi connectivity index (χ2v) is 12.8. The summed E-state index contributed by atoms with van der Waals surface area (Å²) < 4.78 is 38.3. The first-order chi connectivity index (χ1) is 14.8. The van der Waals surface area contributed by atoms with Crippen LogP contribution in [0.15, 0.2) is 0 Å². The lowest BCUT2D eigenvalue weighted by Gasteiger charge is -2.62. The van der Waals surface area contributed by atoms with Gasteiger partial charge in [0, 0.05) is 0 Å². The molecule has 0 bridgehead atoms. The first kappa shape index (κ1) is 24.8. The first-order valence-electron chi connectivity index (χ1n) is 13.3. The molecule has 0 radical (unpaired) electrons. The van der Waals surface area contributed by atoms with Crippen LogP contribution in [0.1, 0.15) is 105 Å². The zero-order valence-electron chi connectivity index (χ0n) is 20.6. The zero-order chi connectivity index (χ0) is 23.5. The minimum absolute atomic E-state index is 0.173. The molecule has 186 valence electrons. The van der Waals surface area contributed by atoms with Gasteiger partial charge in [-0.25, -0.2) is 0 Å². The van der Waals surface area contributed by atoms with Crippen molar-refractivity contribution in [2.45, 2.75) is 123 Å². The van der Waals surface area contributed by atoms with Crippen LogP contribution < -0.4 is 0 Å². The average Bonchev–Trinajstić information content (AvgIpc) is 3.09. The number of halogens is 3. The van der Waals surface area contributed by atoms with E-state index >= 15 is 0 Å². The maximum absolute atomic E-state index is 12.8. The Hall–Kier alpha value is -0.290. The third-order valence-corrected chi connectivity index (χ3v) is 11.5.